The number of ether oxygens (including phenoxy) is 1. The van der Waals surface area contributed by atoms with Gasteiger partial charge in [0.15, 0.2) is 0 Å². The highest BCUT2D eigenvalue weighted by Crippen LogP contribution is 2.24. The van der Waals surface area contributed by atoms with Crippen molar-refractivity contribution in [2.24, 2.45) is 0 Å². The molecule has 1 aliphatic rings. The van der Waals surface area contributed by atoms with Crippen molar-refractivity contribution in [2.45, 2.75) is 38.8 Å². The van der Waals surface area contributed by atoms with Gasteiger partial charge in [-0.2, -0.15) is 0 Å². The quantitative estimate of drug-likeness (QED) is 0.672. The molecule has 2 aromatic carbocycles. The van der Waals surface area contributed by atoms with Crippen molar-refractivity contribution in [3.8, 4) is 5.75 Å². The SMILES string of the molecule is CC(C)(C)c1ccc(OCC(O)CN2CCN(Cc3ccccc3)CC2)cc1.Cl.Cl. The number of aliphatic hydroxyl groups excluding tert-OH is 1. The highest BCUT2D eigenvalue weighted by molar-refractivity contribution is 5.85. The van der Waals surface area contributed by atoms with E-state index in [1.54, 1.807) is 0 Å². The van der Waals surface area contributed by atoms with Gasteiger partial charge in [0.05, 0.1) is 0 Å². The van der Waals surface area contributed by atoms with Crippen LogP contribution in [-0.4, -0.2) is 60.3 Å². The number of piperazine rings is 1. The predicted octanol–water partition coefficient (Wildman–Crippen LogP) is 4.39. The fraction of sp³-hybridized carbons (Fsp3) is 0.500. The van der Waals surface area contributed by atoms with Crippen LogP contribution in [0.25, 0.3) is 0 Å². The molecule has 1 unspecified atom stereocenters. The summed E-state index contributed by atoms with van der Waals surface area (Å²) in [7, 11) is 0. The molecule has 1 aliphatic heterocycles. The molecular weight excluding hydrogens is 419 g/mol. The second-order valence-corrected chi connectivity index (χ2v) is 8.80. The average molecular weight is 455 g/mol. The smallest absolute Gasteiger partial charge is 0.119 e. The van der Waals surface area contributed by atoms with Crippen LogP contribution in [0.15, 0.2) is 54.6 Å². The third kappa shape index (κ3) is 8.44. The van der Waals surface area contributed by atoms with Crippen LogP contribution in [0.1, 0.15) is 31.9 Å². The zero-order valence-corrected chi connectivity index (χ0v) is 19.9. The Morgan fingerprint density at radius 3 is 2.00 bits per heavy atom. The van der Waals surface area contributed by atoms with Crippen LogP contribution in [0, 0.1) is 0 Å². The molecule has 0 radical (unpaired) electrons. The summed E-state index contributed by atoms with van der Waals surface area (Å²) in [6.07, 6.45) is -0.469. The van der Waals surface area contributed by atoms with Gasteiger partial charge in [0.25, 0.3) is 0 Å². The highest BCUT2D eigenvalue weighted by atomic mass is 35.5. The van der Waals surface area contributed by atoms with Crippen molar-refractivity contribution in [3.63, 3.8) is 0 Å². The normalized spacial score (nSPS) is 16.3. The van der Waals surface area contributed by atoms with E-state index in [0.29, 0.717) is 13.2 Å². The Morgan fingerprint density at radius 2 is 1.43 bits per heavy atom. The minimum absolute atomic E-state index is 0. The second kappa shape index (κ2) is 12.5. The maximum atomic E-state index is 10.4. The van der Waals surface area contributed by atoms with E-state index in [2.05, 4.69) is 73.0 Å². The summed E-state index contributed by atoms with van der Waals surface area (Å²) in [6, 6.07) is 18.8. The molecule has 30 heavy (non-hydrogen) atoms. The van der Waals surface area contributed by atoms with Crippen molar-refractivity contribution >= 4 is 24.8 Å². The molecular formula is C24H36Cl2N2O2. The minimum atomic E-state index is -0.469. The van der Waals surface area contributed by atoms with Crippen LogP contribution in [-0.2, 0) is 12.0 Å². The van der Waals surface area contributed by atoms with Gasteiger partial charge in [-0.25, -0.2) is 0 Å². The fourth-order valence-corrected chi connectivity index (χ4v) is 3.57. The molecule has 2 aromatic rings. The lowest BCUT2D eigenvalue weighted by Gasteiger charge is -2.35. The number of aliphatic hydroxyl groups is 1. The lowest BCUT2D eigenvalue weighted by atomic mass is 9.87. The molecule has 0 bridgehead atoms. The molecule has 0 amide bonds. The summed E-state index contributed by atoms with van der Waals surface area (Å²) in [5, 5.41) is 10.4. The molecule has 1 saturated heterocycles. The summed E-state index contributed by atoms with van der Waals surface area (Å²) < 4.78 is 5.79. The molecule has 6 heteroatoms. The topological polar surface area (TPSA) is 35.9 Å². The number of rotatable bonds is 7. The number of halogens is 2. The van der Waals surface area contributed by atoms with E-state index >= 15 is 0 Å². The Bertz CT molecular complexity index is 712. The number of β-amino-alcohol motifs (C(OH)–C–C–N with tert-alkyl or cyclic N) is 1. The van der Waals surface area contributed by atoms with Crippen molar-refractivity contribution in [1.29, 1.82) is 0 Å². The summed E-state index contributed by atoms with van der Waals surface area (Å²) in [5.41, 5.74) is 2.79. The van der Waals surface area contributed by atoms with Crippen LogP contribution in [0.5, 0.6) is 5.75 Å². The maximum Gasteiger partial charge on any atom is 0.119 e. The lowest BCUT2D eigenvalue weighted by molar-refractivity contribution is 0.0446. The first-order valence-corrected chi connectivity index (χ1v) is 10.3. The molecule has 1 fully saturated rings. The van der Waals surface area contributed by atoms with Crippen LogP contribution < -0.4 is 4.74 Å². The van der Waals surface area contributed by atoms with Gasteiger partial charge >= 0.3 is 0 Å². The first-order valence-electron chi connectivity index (χ1n) is 10.3. The second-order valence-electron chi connectivity index (χ2n) is 8.80. The standard InChI is InChI=1S/C24H34N2O2.2ClH/c1-24(2,3)21-9-11-23(12-10-21)28-19-22(27)18-26-15-13-25(14-16-26)17-20-7-5-4-6-8-20;;/h4-12,22,27H,13-19H2,1-3H3;2*1H. The van der Waals surface area contributed by atoms with Gasteiger partial charge in [0.2, 0.25) is 0 Å². The molecule has 0 aromatic heterocycles. The third-order valence-electron chi connectivity index (χ3n) is 5.35. The molecule has 1 N–H and O–H groups in total. The van der Waals surface area contributed by atoms with E-state index in [4.69, 9.17) is 4.74 Å². The van der Waals surface area contributed by atoms with Gasteiger partial charge in [-0.15, -0.1) is 24.8 Å². The van der Waals surface area contributed by atoms with Crippen LogP contribution >= 0.6 is 24.8 Å². The van der Waals surface area contributed by atoms with Gasteiger partial charge in [0, 0.05) is 39.3 Å². The van der Waals surface area contributed by atoms with Crippen molar-refractivity contribution < 1.29 is 9.84 Å². The number of hydrogen-bond acceptors (Lipinski definition) is 4. The van der Waals surface area contributed by atoms with E-state index in [0.717, 1.165) is 38.5 Å². The van der Waals surface area contributed by atoms with Crippen LogP contribution in [0.3, 0.4) is 0 Å². The van der Waals surface area contributed by atoms with E-state index in [-0.39, 0.29) is 30.2 Å². The largest absolute Gasteiger partial charge is 0.491 e. The molecule has 0 saturated carbocycles. The Labute approximate surface area is 194 Å². The maximum absolute atomic E-state index is 10.4. The monoisotopic (exact) mass is 454 g/mol. The molecule has 4 nitrogen and oxygen atoms in total. The van der Waals surface area contributed by atoms with Gasteiger partial charge in [0.1, 0.15) is 18.5 Å². The Balaban J connectivity index is 0.00000225. The summed E-state index contributed by atoms with van der Waals surface area (Å²) in [5.74, 6) is 0.819. The van der Waals surface area contributed by atoms with Crippen molar-refractivity contribution in [2.75, 3.05) is 39.3 Å². The van der Waals surface area contributed by atoms with Crippen molar-refractivity contribution in [3.05, 3.63) is 65.7 Å². The molecule has 168 valence electrons. The first-order chi connectivity index (χ1) is 13.4. The van der Waals surface area contributed by atoms with E-state index in [1.165, 1.54) is 11.1 Å². The molecule has 0 aliphatic carbocycles. The summed E-state index contributed by atoms with van der Waals surface area (Å²) in [4.78, 5) is 4.81. The predicted molar refractivity (Wildman–Crippen MR) is 129 cm³/mol. The number of hydrogen-bond donors (Lipinski definition) is 1. The highest BCUT2D eigenvalue weighted by Gasteiger charge is 2.20. The van der Waals surface area contributed by atoms with Gasteiger partial charge in [-0.3, -0.25) is 9.80 Å². The van der Waals surface area contributed by atoms with E-state index in [9.17, 15) is 5.11 Å². The molecule has 1 heterocycles. The van der Waals surface area contributed by atoms with Crippen LogP contribution in [0.2, 0.25) is 0 Å². The molecule has 3 rings (SSSR count). The van der Waals surface area contributed by atoms with Gasteiger partial charge in [-0.05, 0) is 28.7 Å². The molecule has 0 spiro atoms. The number of nitrogens with zero attached hydrogens (tertiary/aromatic N) is 2. The van der Waals surface area contributed by atoms with Crippen LogP contribution in [0.4, 0.5) is 0 Å². The first kappa shape index (κ1) is 26.7. The van der Waals surface area contributed by atoms with Gasteiger partial charge in [-0.1, -0.05) is 63.2 Å². The van der Waals surface area contributed by atoms with Gasteiger partial charge < -0.3 is 9.84 Å². The Kier molecular flexibility index (Phi) is 11.2. The Morgan fingerprint density at radius 1 is 0.867 bits per heavy atom. The lowest BCUT2D eigenvalue weighted by Crippen LogP contribution is -2.48. The van der Waals surface area contributed by atoms with Crippen molar-refractivity contribution in [1.82, 2.24) is 9.80 Å². The minimum Gasteiger partial charge on any atom is -0.491 e. The molecule has 1 atom stereocenters. The number of benzene rings is 2. The zero-order chi connectivity index (χ0) is 20.0. The fourth-order valence-electron chi connectivity index (χ4n) is 3.57. The summed E-state index contributed by atoms with van der Waals surface area (Å²) >= 11 is 0. The zero-order valence-electron chi connectivity index (χ0n) is 18.3. The Hall–Kier alpha value is -1.30. The van der Waals surface area contributed by atoms with E-state index < -0.39 is 6.10 Å². The summed E-state index contributed by atoms with van der Waals surface area (Å²) in [6.45, 7) is 12.7. The third-order valence-corrected chi connectivity index (χ3v) is 5.35. The van der Waals surface area contributed by atoms with E-state index in [1.807, 2.05) is 12.1 Å². The average Bonchev–Trinajstić information content (AvgIpc) is 2.68.